The van der Waals surface area contributed by atoms with E-state index in [2.05, 4.69) is 30.2 Å². The number of nitrogens with zero attached hydrogens (tertiary/aromatic N) is 5. The fraction of sp³-hybridized carbons (Fsp3) is 0.174. The van der Waals surface area contributed by atoms with Crippen LogP contribution >= 0.6 is 23.4 Å². The molecule has 0 spiro atoms. The standard InChI is InChI=1S/C23H23ClN8OS/c1-14(25)11-18(26)28-20-12-21(32-9-4-10-32)31-23(30-20)34-15-7-8-19(27-13-15)29-22(33)16-5-2-3-6-17(16)24/h2-3,5-8,11-13H,4,9-10,25H2,1H3,(H,27,29,33)(H2,26,28,30,31)/b14-11-. The van der Waals surface area contributed by atoms with Gasteiger partial charge in [-0.15, -0.1) is 0 Å². The summed E-state index contributed by atoms with van der Waals surface area (Å²) in [7, 11) is 0. The van der Waals surface area contributed by atoms with E-state index in [1.807, 2.05) is 6.07 Å². The van der Waals surface area contributed by atoms with Crippen molar-refractivity contribution >= 4 is 52.6 Å². The SMILES string of the molecule is C/C(N)=C/C(N)=N/c1cc(N2CCC2)nc(Sc2ccc(NC(=O)c3ccccc3Cl)nc2)n1. The van der Waals surface area contributed by atoms with Crippen LogP contribution in [0.1, 0.15) is 23.7 Å². The van der Waals surface area contributed by atoms with Crippen molar-refractivity contribution in [1.82, 2.24) is 15.0 Å². The van der Waals surface area contributed by atoms with Gasteiger partial charge < -0.3 is 21.7 Å². The molecule has 2 aromatic heterocycles. The molecule has 0 radical (unpaired) electrons. The highest BCUT2D eigenvalue weighted by Gasteiger charge is 2.18. The van der Waals surface area contributed by atoms with Crippen molar-refractivity contribution in [3.05, 3.63) is 71.0 Å². The maximum atomic E-state index is 12.4. The molecule has 1 aromatic carbocycles. The minimum atomic E-state index is -0.328. The van der Waals surface area contributed by atoms with Gasteiger partial charge in [-0.3, -0.25) is 4.79 Å². The van der Waals surface area contributed by atoms with Gasteiger partial charge in [-0.25, -0.2) is 19.9 Å². The van der Waals surface area contributed by atoms with Crippen LogP contribution in [0.2, 0.25) is 5.02 Å². The van der Waals surface area contributed by atoms with E-state index in [-0.39, 0.29) is 11.7 Å². The summed E-state index contributed by atoms with van der Waals surface area (Å²) >= 11 is 7.43. The summed E-state index contributed by atoms with van der Waals surface area (Å²) in [6.07, 6.45) is 4.34. The highest BCUT2D eigenvalue weighted by atomic mass is 35.5. The van der Waals surface area contributed by atoms with Gasteiger partial charge in [-0.1, -0.05) is 23.7 Å². The number of nitrogens with one attached hydrogen (secondary N) is 1. The van der Waals surface area contributed by atoms with Gasteiger partial charge in [0.25, 0.3) is 5.91 Å². The lowest BCUT2D eigenvalue weighted by Gasteiger charge is -2.32. The molecule has 1 amide bonds. The Bertz CT molecular complexity index is 1250. The van der Waals surface area contributed by atoms with Crippen molar-refractivity contribution in [3.8, 4) is 0 Å². The topological polar surface area (TPSA) is 135 Å². The van der Waals surface area contributed by atoms with E-state index in [0.29, 0.717) is 33.1 Å². The molecule has 11 heteroatoms. The Morgan fingerprint density at radius 3 is 2.65 bits per heavy atom. The Hall–Kier alpha value is -3.63. The fourth-order valence-corrected chi connectivity index (χ4v) is 4.01. The van der Waals surface area contributed by atoms with Crippen LogP contribution in [0.5, 0.6) is 0 Å². The first kappa shape index (κ1) is 23.5. The minimum absolute atomic E-state index is 0.268. The van der Waals surface area contributed by atoms with Gasteiger partial charge in [-0.05, 0) is 55.4 Å². The van der Waals surface area contributed by atoms with Crippen LogP contribution in [0.3, 0.4) is 0 Å². The number of allylic oxidation sites excluding steroid dienone is 1. The molecule has 0 atom stereocenters. The highest BCUT2D eigenvalue weighted by molar-refractivity contribution is 7.99. The molecule has 4 rings (SSSR count). The highest BCUT2D eigenvalue weighted by Crippen LogP contribution is 2.30. The molecule has 0 unspecified atom stereocenters. The quantitative estimate of drug-likeness (QED) is 0.255. The number of halogens is 1. The second-order valence-corrected chi connectivity index (χ2v) is 9.00. The Morgan fingerprint density at radius 1 is 1.21 bits per heavy atom. The number of carbonyl (C=O) groups excluding carboxylic acids is 1. The van der Waals surface area contributed by atoms with E-state index >= 15 is 0 Å². The number of amides is 1. The first-order chi connectivity index (χ1) is 16.4. The number of aliphatic imine (C=N–C) groups is 1. The number of rotatable bonds is 7. The second-order valence-electron chi connectivity index (χ2n) is 7.55. The van der Waals surface area contributed by atoms with Crippen molar-refractivity contribution in [2.24, 2.45) is 16.5 Å². The average Bonchev–Trinajstić information content (AvgIpc) is 2.73. The van der Waals surface area contributed by atoms with Crippen molar-refractivity contribution < 1.29 is 4.79 Å². The van der Waals surface area contributed by atoms with E-state index in [9.17, 15) is 4.79 Å². The van der Waals surface area contributed by atoms with E-state index in [1.54, 1.807) is 55.6 Å². The van der Waals surface area contributed by atoms with Gasteiger partial charge in [0.15, 0.2) is 11.0 Å². The smallest absolute Gasteiger partial charge is 0.258 e. The molecule has 1 saturated heterocycles. The molecule has 3 heterocycles. The summed E-state index contributed by atoms with van der Waals surface area (Å²) in [6.45, 7) is 3.61. The first-order valence-corrected chi connectivity index (χ1v) is 11.7. The lowest BCUT2D eigenvalue weighted by Crippen LogP contribution is -2.37. The third-order valence-corrected chi connectivity index (χ3v) is 5.96. The zero-order valence-corrected chi connectivity index (χ0v) is 20.0. The van der Waals surface area contributed by atoms with E-state index < -0.39 is 0 Å². The lowest BCUT2D eigenvalue weighted by molar-refractivity contribution is 0.102. The zero-order valence-electron chi connectivity index (χ0n) is 18.4. The van der Waals surface area contributed by atoms with Crippen LogP contribution in [-0.2, 0) is 0 Å². The maximum absolute atomic E-state index is 12.4. The van der Waals surface area contributed by atoms with Crippen molar-refractivity contribution in [2.75, 3.05) is 23.3 Å². The predicted molar refractivity (Wildman–Crippen MR) is 136 cm³/mol. The van der Waals surface area contributed by atoms with Gasteiger partial charge in [0, 0.05) is 35.9 Å². The molecular formula is C23H23ClN8OS. The molecule has 0 saturated carbocycles. The number of amidine groups is 1. The monoisotopic (exact) mass is 494 g/mol. The molecule has 1 fully saturated rings. The van der Waals surface area contributed by atoms with Crippen molar-refractivity contribution in [1.29, 1.82) is 0 Å². The molecule has 9 nitrogen and oxygen atoms in total. The summed E-state index contributed by atoms with van der Waals surface area (Å²) < 4.78 is 0. The molecule has 5 N–H and O–H groups in total. The molecular weight excluding hydrogens is 472 g/mol. The fourth-order valence-electron chi connectivity index (χ4n) is 3.06. The first-order valence-electron chi connectivity index (χ1n) is 10.5. The molecule has 34 heavy (non-hydrogen) atoms. The summed E-state index contributed by atoms with van der Waals surface area (Å²) in [5.41, 5.74) is 12.6. The summed E-state index contributed by atoms with van der Waals surface area (Å²) in [4.78, 5) is 33.2. The zero-order chi connectivity index (χ0) is 24.1. The molecule has 3 aromatic rings. The Labute approximate surface area is 206 Å². The van der Waals surface area contributed by atoms with Crippen molar-refractivity contribution in [3.63, 3.8) is 0 Å². The molecule has 174 valence electrons. The Kier molecular flexibility index (Phi) is 7.29. The van der Waals surface area contributed by atoms with E-state index in [0.717, 1.165) is 30.2 Å². The minimum Gasteiger partial charge on any atom is -0.402 e. The second kappa shape index (κ2) is 10.5. The van der Waals surface area contributed by atoms with Gasteiger partial charge >= 0.3 is 0 Å². The normalized spacial score (nSPS) is 14.0. The van der Waals surface area contributed by atoms with Crippen LogP contribution in [0.15, 0.2) is 75.5 Å². The van der Waals surface area contributed by atoms with Crippen molar-refractivity contribution in [2.45, 2.75) is 23.4 Å². The predicted octanol–water partition coefficient (Wildman–Crippen LogP) is 3.99. The van der Waals surface area contributed by atoms with Crippen LogP contribution in [-0.4, -0.2) is 39.8 Å². The average molecular weight is 495 g/mol. The van der Waals surface area contributed by atoms with Gasteiger partial charge in [-0.2, -0.15) is 0 Å². The van der Waals surface area contributed by atoms with Crippen LogP contribution in [0, 0.1) is 0 Å². The summed E-state index contributed by atoms with van der Waals surface area (Å²) in [6, 6.07) is 12.2. The number of hydrogen-bond acceptors (Lipinski definition) is 8. The number of aromatic nitrogens is 3. The summed E-state index contributed by atoms with van der Waals surface area (Å²) in [5.74, 6) is 1.59. The molecule has 0 bridgehead atoms. The molecule has 0 aliphatic carbocycles. The number of benzene rings is 1. The van der Waals surface area contributed by atoms with Gasteiger partial charge in [0.1, 0.15) is 17.5 Å². The van der Waals surface area contributed by atoms with Gasteiger partial charge in [0.2, 0.25) is 0 Å². The van der Waals surface area contributed by atoms with Crippen LogP contribution in [0.4, 0.5) is 17.5 Å². The third-order valence-electron chi connectivity index (χ3n) is 4.78. The Balaban J connectivity index is 1.51. The van der Waals surface area contributed by atoms with E-state index in [1.165, 1.54) is 11.8 Å². The van der Waals surface area contributed by atoms with E-state index in [4.69, 9.17) is 23.1 Å². The molecule has 1 aliphatic heterocycles. The largest absolute Gasteiger partial charge is 0.402 e. The number of nitrogens with two attached hydrogens (primary N) is 2. The lowest BCUT2D eigenvalue weighted by atomic mass is 10.2. The van der Waals surface area contributed by atoms with Gasteiger partial charge in [0.05, 0.1) is 10.6 Å². The number of pyridine rings is 1. The van der Waals surface area contributed by atoms with Crippen LogP contribution in [0.25, 0.3) is 0 Å². The summed E-state index contributed by atoms with van der Waals surface area (Å²) in [5, 5.41) is 3.64. The Morgan fingerprint density at radius 2 is 2.00 bits per heavy atom. The number of hydrogen-bond donors (Lipinski definition) is 3. The number of carbonyl (C=O) groups is 1. The third kappa shape index (κ3) is 6.03. The number of anilines is 2. The maximum Gasteiger partial charge on any atom is 0.258 e. The molecule has 1 aliphatic rings. The van der Waals surface area contributed by atoms with Crippen LogP contribution < -0.4 is 21.7 Å².